The molecule has 1 aromatic rings. The van der Waals surface area contributed by atoms with E-state index in [1.807, 2.05) is 0 Å². The van der Waals surface area contributed by atoms with Gasteiger partial charge in [0.1, 0.15) is 6.10 Å². The molecule has 114 valence electrons. The molecule has 1 aromatic carbocycles. The van der Waals surface area contributed by atoms with Crippen LogP contribution in [0.3, 0.4) is 0 Å². The largest absolute Gasteiger partial charge is 0.490 e. The monoisotopic (exact) mass is 295 g/mol. The lowest BCUT2D eigenvalue weighted by Gasteiger charge is -2.13. The molecule has 2 rings (SSSR count). The highest BCUT2D eigenvalue weighted by atomic mass is 16.6. The number of hydrogen-bond acceptors (Lipinski definition) is 6. The molecule has 3 N–H and O–H groups in total. The molecule has 8 nitrogen and oxygen atoms in total. The summed E-state index contributed by atoms with van der Waals surface area (Å²) < 4.78 is 10.4. The van der Waals surface area contributed by atoms with Crippen LogP contribution in [0.2, 0.25) is 0 Å². The second kappa shape index (κ2) is 6.51. The van der Waals surface area contributed by atoms with Crippen molar-refractivity contribution < 1.29 is 19.2 Å². The van der Waals surface area contributed by atoms with Crippen LogP contribution < -0.4 is 15.8 Å². The Bertz CT molecular complexity index is 549. The maximum atomic E-state index is 12.0. The summed E-state index contributed by atoms with van der Waals surface area (Å²) in [5.41, 5.74) is 5.61. The van der Waals surface area contributed by atoms with Crippen LogP contribution in [0.5, 0.6) is 5.75 Å². The van der Waals surface area contributed by atoms with E-state index in [-0.39, 0.29) is 23.4 Å². The third-order valence-corrected chi connectivity index (χ3v) is 3.31. The first-order valence-electron chi connectivity index (χ1n) is 6.54. The van der Waals surface area contributed by atoms with Gasteiger partial charge < -0.3 is 20.5 Å². The van der Waals surface area contributed by atoms with Crippen LogP contribution in [-0.4, -0.2) is 36.7 Å². The zero-order valence-corrected chi connectivity index (χ0v) is 11.6. The molecule has 1 aliphatic rings. The van der Waals surface area contributed by atoms with Crippen molar-refractivity contribution >= 4 is 17.3 Å². The first-order chi connectivity index (χ1) is 10.0. The molecule has 2 atom stereocenters. The molecular formula is C13H17N3O5. The average Bonchev–Trinajstić information content (AvgIpc) is 2.96. The molecule has 0 saturated carbocycles. The lowest BCUT2D eigenvalue weighted by molar-refractivity contribution is -0.385. The molecule has 1 fully saturated rings. The SMILES string of the molecule is COc1ccc(NC(=O)C2CCC(CN)O2)cc1[N+](=O)[O-]. The predicted molar refractivity (Wildman–Crippen MR) is 75.2 cm³/mol. The van der Waals surface area contributed by atoms with Crippen molar-refractivity contribution in [3.63, 3.8) is 0 Å². The molecular weight excluding hydrogens is 278 g/mol. The molecule has 1 aliphatic heterocycles. The third kappa shape index (κ3) is 3.47. The number of rotatable bonds is 5. The Hall–Kier alpha value is -2.19. The molecule has 0 radical (unpaired) electrons. The average molecular weight is 295 g/mol. The maximum Gasteiger partial charge on any atom is 0.312 e. The van der Waals surface area contributed by atoms with Crippen molar-refractivity contribution in [1.29, 1.82) is 0 Å². The molecule has 2 unspecified atom stereocenters. The minimum atomic E-state index is -0.570. The summed E-state index contributed by atoms with van der Waals surface area (Å²) in [5, 5.41) is 13.5. The number of anilines is 1. The number of nitro benzene ring substituents is 1. The van der Waals surface area contributed by atoms with Gasteiger partial charge in [0.2, 0.25) is 0 Å². The van der Waals surface area contributed by atoms with Gasteiger partial charge in [-0.1, -0.05) is 0 Å². The van der Waals surface area contributed by atoms with Crippen molar-refractivity contribution in [3.05, 3.63) is 28.3 Å². The number of nitrogens with two attached hydrogens (primary N) is 1. The summed E-state index contributed by atoms with van der Waals surface area (Å²) >= 11 is 0. The molecule has 21 heavy (non-hydrogen) atoms. The zero-order valence-electron chi connectivity index (χ0n) is 11.6. The molecule has 0 aliphatic carbocycles. The fourth-order valence-corrected chi connectivity index (χ4v) is 2.21. The van der Waals surface area contributed by atoms with Crippen LogP contribution in [0.1, 0.15) is 12.8 Å². The molecule has 1 amide bonds. The van der Waals surface area contributed by atoms with Gasteiger partial charge in [0.25, 0.3) is 5.91 Å². The van der Waals surface area contributed by atoms with Crippen molar-refractivity contribution in [1.82, 2.24) is 0 Å². The van der Waals surface area contributed by atoms with E-state index < -0.39 is 11.0 Å². The van der Waals surface area contributed by atoms with Crippen molar-refractivity contribution in [3.8, 4) is 5.75 Å². The van der Waals surface area contributed by atoms with Gasteiger partial charge in [0.15, 0.2) is 5.75 Å². The number of benzene rings is 1. The summed E-state index contributed by atoms with van der Waals surface area (Å²) in [4.78, 5) is 22.4. The smallest absolute Gasteiger partial charge is 0.312 e. The van der Waals surface area contributed by atoms with E-state index in [0.29, 0.717) is 18.7 Å². The number of nitro groups is 1. The van der Waals surface area contributed by atoms with E-state index in [0.717, 1.165) is 6.42 Å². The van der Waals surface area contributed by atoms with E-state index in [9.17, 15) is 14.9 Å². The highest BCUT2D eigenvalue weighted by Crippen LogP contribution is 2.30. The fourth-order valence-electron chi connectivity index (χ4n) is 2.21. The maximum absolute atomic E-state index is 12.0. The van der Waals surface area contributed by atoms with E-state index in [1.165, 1.54) is 19.2 Å². The van der Waals surface area contributed by atoms with Crippen LogP contribution in [0.4, 0.5) is 11.4 Å². The minimum Gasteiger partial charge on any atom is -0.490 e. The van der Waals surface area contributed by atoms with Crippen LogP contribution in [0.15, 0.2) is 18.2 Å². The number of nitrogens with one attached hydrogen (secondary N) is 1. The Kier molecular flexibility index (Phi) is 4.71. The van der Waals surface area contributed by atoms with Gasteiger partial charge in [-0.05, 0) is 25.0 Å². The summed E-state index contributed by atoms with van der Waals surface area (Å²) in [7, 11) is 1.35. The van der Waals surface area contributed by atoms with Crippen LogP contribution >= 0.6 is 0 Å². The van der Waals surface area contributed by atoms with E-state index in [1.54, 1.807) is 6.07 Å². The van der Waals surface area contributed by atoms with Crippen LogP contribution in [-0.2, 0) is 9.53 Å². The third-order valence-electron chi connectivity index (χ3n) is 3.31. The zero-order chi connectivity index (χ0) is 15.4. The number of amides is 1. The van der Waals surface area contributed by atoms with E-state index >= 15 is 0 Å². The number of methoxy groups -OCH3 is 1. The second-order valence-corrected chi connectivity index (χ2v) is 4.69. The number of carbonyl (C=O) groups is 1. The summed E-state index contributed by atoms with van der Waals surface area (Å²) in [6, 6.07) is 4.23. The summed E-state index contributed by atoms with van der Waals surface area (Å²) in [6.45, 7) is 0.373. The van der Waals surface area contributed by atoms with Gasteiger partial charge in [-0.3, -0.25) is 14.9 Å². The van der Waals surface area contributed by atoms with Crippen LogP contribution in [0.25, 0.3) is 0 Å². The molecule has 0 bridgehead atoms. The van der Waals surface area contributed by atoms with E-state index in [2.05, 4.69) is 5.32 Å². The van der Waals surface area contributed by atoms with Crippen molar-refractivity contribution in [2.75, 3.05) is 19.0 Å². The Morgan fingerprint density at radius 2 is 2.33 bits per heavy atom. The number of ether oxygens (including phenoxy) is 2. The first-order valence-corrected chi connectivity index (χ1v) is 6.54. The highest BCUT2D eigenvalue weighted by Gasteiger charge is 2.30. The highest BCUT2D eigenvalue weighted by molar-refractivity contribution is 5.94. The predicted octanol–water partition coefficient (Wildman–Crippen LogP) is 1.05. The molecule has 8 heteroatoms. The number of carbonyl (C=O) groups excluding carboxylic acids is 1. The lowest BCUT2D eigenvalue weighted by atomic mass is 10.2. The van der Waals surface area contributed by atoms with Gasteiger partial charge in [-0.15, -0.1) is 0 Å². The summed E-state index contributed by atoms with van der Waals surface area (Å²) in [5.74, 6) is -0.191. The Balaban J connectivity index is 2.07. The molecule has 0 aromatic heterocycles. The van der Waals surface area contributed by atoms with Gasteiger partial charge in [-0.2, -0.15) is 0 Å². The second-order valence-electron chi connectivity index (χ2n) is 4.69. The lowest BCUT2D eigenvalue weighted by Crippen LogP contribution is -2.29. The van der Waals surface area contributed by atoms with Gasteiger partial charge in [0, 0.05) is 18.3 Å². The Morgan fingerprint density at radius 1 is 1.57 bits per heavy atom. The fraction of sp³-hybridized carbons (Fsp3) is 0.462. The minimum absolute atomic E-state index is 0.106. The Labute approximate surface area is 121 Å². The quantitative estimate of drug-likeness (QED) is 0.619. The standard InChI is InChI=1S/C13H17N3O5/c1-20-11-4-2-8(6-10(11)16(18)19)15-13(17)12-5-3-9(7-14)21-12/h2,4,6,9,12H,3,5,7,14H2,1H3,(H,15,17). The first kappa shape index (κ1) is 15.2. The Morgan fingerprint density at radius 3 is 2.90 bits per heavy atom. The number of nitrogens with zero attached hydrogens (tertiary/aromatic N) is 1. The van der Waals surface area contributed by atoms with Gasteiger partial charge in [-0.25, -0.2) is 0 Å². The van der Waals surface area contributed by atoms with Crippen molar-refractivity contribution in [2.45, 2.75) is 25.0 Å². The summed E-state index contributed by atoms with van der Waals surface area (Å²) in [6.07, 6.45) is 0.647. The van der Waals surface area contributed by atoms with Crippen LogP contribution in [0, 0.1) is 10.1 Å². The van der Waals surface area contributed by atoms with Gasteiger partial charge >= 0.3 is 5.69 Å². The van der Waals surface area contributed by atoms with Gasteiger partial charge in [0.05, 0.1) is 18.1 Å². The normalized spacial score (nSPS) is 21.0. The number of hydrogen-bond donors (Lipinski definition) is 2. The van der Waals surface area contributed by atoms with E-state index in [4.69, 9.17) is 15.2 Å². The topological polar surface area (TPSA) is 117 Å². The van der Waals surface area contributed by atoms with Crippen molar-refractivity contribution in [2.24, 2.45) is 5.73 Å². The molecule has 1 heterocycles. The molecule has 0 spiro atoms. The molecule has 1 saturated heterocycles.